The average molecular weight is 1440 g/mol. The maximum atomic E-state index is 13.7. The molecule has 4 aliphatic carbocycles. The Morgan fingerprint density at radius 3 is 1.21 bits per heavy atom. The van der Waals surface area contributed by atoms with Gasteiger partial charge in [0, 0.05) is 71.9 Å². The summed E-state index contributed by atoms with van der Waals surface area (Å²) >= 11 is 0. The lowest BCUT2D eigenvalue weighted by molar-refractivity contribution is -0.255. The summed E-state index contributed by atoms with van der Waals surface area (Å²) in [6, 6.07) is 6.58. The molecule has 526 valence electrons. The van der Waals surface area contributed by atoms with Crippen LogP contribution in [0.2, 0.25) is 0 Å². The second-order valence-electron chi connectivity index (χ2n) is 23.4. The van der Waals surface area contributed by atoms with E-state index < -0.39 is 229 Å². The van der Waals surface area contributed by atoms with Crippen LogP contribution < -0.4 is 4.18 Å². The number of phenols is 5. The molecule has 0 saturated carbocycles. The number of alkyl halides is 9. The Kier molecular flexibility index (Phi) is 19.7. The molecule has 4 aromatic carbocycles. The highest BCUT2D eigenvalue weighted by Gasteiger charge is 2.58. The van der Waals surface area contributed by atoms with E-state index in [4.69, 9.17) is 18.9 Å². The molecular formula is C57H55F9O27S3. The van der Waals surface area contributed by atoms with Gasteiger partial charge in [0.05, 0.1) is 70.0 Å². The van der Waals surface area contributed by atoms with Crippen molar-refractivity contribution in [2.45, 2.75) is 157 Å². The molecule has 0 amide bonds. The zero-order valence-electron chi connectivity index (χ0n) is 50.0. The summed E-state index contributed by atoms with van der Waals surface area (Å²) in [6.45, 7) is 9.05. The van der Waals surface area contributed by atoms with E-state index in [0.717, 1.165) is 19.1 Å². The van der Waals surface area contributed by atoms with Crippen molar-refractivity contribution in [2.75, 3.05) is 0 Å². The molecule has 2 heterocycles. The summed E-state index contributed by atoms with van der Waals surface area (Å²) in [5, 5.41) is 98.6. The van der Waals surface area contributed by atoms with E-state index >= 15 is 0 Å². The summed E-state index contributed by atoms with van der Waals surface area (Å²) in [5.74, 6) is -10.8. The largest absolute Gasteiger partial charge is 0.534 e. The number of aliphatic hydroxyl groups excluding tert-OH is 2. The molecule has 0 radical (unpaired) electrons. The Bertz CT molecular complexity index is 4220. The number of carbonyl (C=O) groups excluding carboxylic acids is 6. The van der Waals surface area contributed by atoms with Crippen molar-refractivity contribution in [3.63, 3.8) is 0 Å². The number of hydrogen-bond donors (Lipinski definition) is 9. The summed E-state index contributed by atoms with van der Waals surface area (Å²) < 4.78 is 201. The van der Waals surface area contributed by atoms with Crippen LogP contribution >= 0.6 is 0 Å². The van der Waals surface area contributed by atoms with E-state index in [0.29, 0.717) is 6.07 Å². The van der Waals surface area contributed by atoms with Crippen molar-refractivity contribution in [1.29, 1.82) is 0 Å². The van der Waals surface area contributed by atoms with Crippen molar-refractivity contribution in [3.8, 4) is 34.5 Å². The van der Waals surface area contributed by atoms with Crippen LogP contribution in [-0.4, -0.2) is 171 Å². The van der Waals surface area contributed by atoms with Crippen LogP contribution in [0.4, 0.5) is 39.5 Å². The number of ketones is 6. The van der Waals surface area contributed by atoms with Gasteiger partial charge in [-0.25, -0.2) is 0 Å². The lowest BCUT2D eigenvalue weighted by atomic mass is 9.72. The first-order chi connectivity index (χ1) is 43.8. The molecule has 96 heavy (non-hydrogen) atoms. The number of ether oxygens (including phenoxy) is 4. The van der Waals surface area contributed by atoms with Crippen LogP contribution in [0, 0.1) is 11.8 Å². The number of aliphatic hydroxyl groups is 4. The van der Waals surface area contributed by atoms with E-state index in [1.54, 1.807) is 20.8 Å². The third-order valence-corrected chi connectivity index (χ3v) is 20.4. The second kappa shape index (κ2) is 25.4. The zero-order valence-corrected chi connectivity index (χ0v) is 52.4. The van der Waals surface area contributed by atoms with Gasteiger partial charge in [0.15, 0.2) is 41.5 Å². The highest BCUT2D eigenvalue weighted by atomic mass is 32.3. The Labute approximate surface area is 535 Å². The number of aromatic hydroxyl groups is 5. The van der Waals surface area contributed by atoms with Gasteiger partial charge in [0.1, 0.15) is 39.9 Å². The average Bonchev–Trinajstić information content (AvgIpc) is 0.716. The Balaban J connectivity index is 0.000000205. The third-order valence-electron chi connectivity index (χ3n) is 16.9. The Hall–Kier alpha value is -7.44. The molecule has 0 spiro atoms. The normalized spacial score (nSPS) is 27.4. The fraction of sp³-hybridized carbons (Fsp3) is 0.474. The predicted octanol–water partition coefficient (Wildman–Crippen LogP) is 5.29. The topological polar surface area (TPSA) is 442 Å². The molecule has 4 aromatic rings. The maximum absolute atomic E-state index is 13.7. The molecule has 6 aliphatic rings. The minimum atomic E-state index is -6.85. The highest BCUT2D eigenvalue weighted by Crippen LogP contribution is 2.55. The number of Topliss-reactive ketones (excluding diaryl/α,β-unsaturated/α-hetero) is 2. The van der Waals surface area contributed by atoms with E-state index in [2.05, 4.69) is 4.18 Å². The number of benzene rings is 4. The predicted molar refractivity (Wildman–Crippen MR) is 298 cm³/mol. The lowest BCUT2D eigenvalue weighted by Gasteiger charge is -2.42. The summed E-state index contributed by atoms with van der Waals surface area (Å²) in [4.78, 5) is 79.0. The standard InChI is InChI=1S/C28H27F3O12S.C27H28O10.C2F6O5S2/c1-10-7-17(41-11(2)22(10)33)42-16-9-27(38,12(3)32)8-14-19(16)26(37)21-20(24(14)35)23(34)13-5-4-6-15(18(13)25(21)36)43-44(39,40)28(29,30)31;1-10-7-17(36-11(2)22(10)30)37-16-9-27(35,12(3)28)8-14-19(16)26(34)21-20(24(14)32)23(31)13-5-4-6-15(29)18(13)25(21)33;3-1(4,5)14(9,10)13-15(11,12)2(6,7)8/h4-6,10-11,16-17,22,33,35,37-38H,7-9H2,1-3H3;4-6,10-11,16-17,22,29-30,32,34-35H,7-9H2,1-3H3;/t2*10?,11?,16-,17?,22?,27-;/m00./s1. The second-order valence-corrected chi connectivity index (χ2v) is 28.2. The van der Waals surface area contributed by atoms with Gasteiger partial charge in [-0.2, -0.15) is 64.8 Å². The van der Waals surface area contributed by atoms with Gasteiger partial charge in [0.25, 0.3) is 0 Å². The van der Waals surface area contributed by atoms with Gasteiger partial charge in [0.2, 0.25) is 11.6 Å². The maximum Gasteiger partial charge on any atom is 0.534 e. The number of halogens is 9. The number of carbonyl (C=O) groups is 6. The van der Waals surface area contributed by atoms with Gasteiger partial charge < -0.3 is 69.1 Å². The van der Waals surface area contributed by atoms with E-state index in [-0.39, 0.29) is 64.5 Å². The molecule has 39 heteroatoms. The van der Waals surface area contributed by atoms with E-state index in [9.17, 15) is 139 Å². The van der Waals surface area contributed by atoms with Crippen LogP contribution in [0.25, 0.3) is 0 Å². The van der Waals surface area contributed by atoms with Crippen LogP contribution in [0.15, 0.2) is 36.4 Å². The highest BCUT2D eigenvalue weighted by molar-refractivity contribution is 8.00. The first-order valence-electron chi connectivity index (χ1n) is 28.0. The quantitative estimate of drug-likeness (QED) is 0.0364. The first-order valence-corrected chi connectivity index (χ1v) is 32.2. The summed E-state index contributed by atoms with van der Waals surface area (Å²) in [6.07, 6.45) is -8.87. The molecule has 10 rings (SSSR count). The zero-order chi connectivity index (χ0) is 72.4. The Morgan fingerprint density at radius 1 is 0.510 bits per heavy atom. The van der Waals surface area contributed by atoms with E-state index in [1.807, 2.05) is 10.6 Å². The minimum absolute atomic E-state index is 0.0442. The van der Waals surface area contributed by atoms with Gasteiger partial charge in [-0.3, -0.25) is 28.8 Å². The van der Waals surface area contributed by atoms with Crippen molar-refractivity contribution < 1.29 is 166 Å². The van der Waals surface area contributed by atoms with Crippen LogP contribution in [-0.2, 0) is 75.4 Å². The van der Waals surface area contributed by atoms with Crippen molar-refractivity contribution >= 4 is 65.1 Å². The number of phenolic OH excluding ortho intramolecular Hbond substituents is 5. The SMILES string of the molecule is CC(=O)[C@]1(O)Cc2c(O)c3c(c(O)c2[C@@H](OC2CC(C)C(O)C(C)O2)C1)C(=O)c1c(O)cccc1C3=O.CC(=O)[C@]1(O)Cc2c(O)c3c(c(O)c2[C@@H](OC2CC(C)C(O)C(C)O2)C1)C(=O)c1c(OS(=O)(=O)C(F)(F)F)cccc1C3=O.O=S(=O)(OS(=O)(=O)C(F)(F)F)C(F)(F)F. The lowest BCUT2D eigenvalue weighted by Crippen LogP contribution is -2.47. The van der Waals surface area contributed by atoms with Crippen LogP contribution in [0.5, 0.6) is 34.5 Å². The van der Waals surface area contributed by atoms with Crippen LogP contribution in [0.3, 0.4) is 0 Å². The van der Waals surface area contributed by atoms with Crippen LogP contribution in [0.1, 0.15) is 165 Å². The summed E-state index contributed by atoms with van der Waals surface area (Å²) in [5.41, 5.74) is -27.9. The van der Waals surface area contributed by atoms with Crippen molar-refractivity contribution in [2.24, 2.45) is 11.8 Å². The fourth-order valence-corrected chi connectivity index (χ4v) is 13.8. The molecule has 2 saturated heterocycles. The van der Waals surface area contributed by atoms with Crippen molar-refractivity contribution in [1.82, 2.24) is 0 Å². The molecule has 0 bridgehead atoms. The first kappa shape index (κ1) is 74.4. The third kappa shape index (κ3) is 13.3. The molecule has 2 fully saturated rings. The molecule has 2 aliphatic heterocycles. The molecule has 8 unspecified atom stereocenters. The van der Waals surface area contributed by atoms with Gasteiger partial charge in [-0.1, -0.05) is 38.1 Å². The number of fused-ring (bicyclic) bond motifs is 6. The minimum Gasteiger partial charge on any atom is -0.507 e. The molecular weight excluding hydrogens is 1380 g/mol. The van der Waals surface area contributed by atoms with Crippen molar-refractivity contribution in [3.05, 3.63) is 103 Å². The molecule has 9 N–H and O–H groups in total. The summed E-state index contributed by atoms with van der Waals surface area (Å²) in [7, 11) is -20.0. The monoisotopic (exact) mass is 1440 g/mol. The molecule has 12 atom stereocenters. The van der Waals surface area contributed by atoms with E-state index in [1.165, 1.54) is 25.1 Å². The van der Waals surface area contributed by atoms with Gasteiger partial charge in [-0.15, -0.1) is 3.63 Å². The number of rotatable bonds is 10. The fourth-order valence-electron chi connectivity index (χ4n) is 11.8. The van der Waals surface area contributed by atoms with Gasteiger partial charge in [-0.05, 0) is 51.7 Å². The molecule has 27 nitrogen and oxygen atoms in total. The smallest absolute Gasteiger partial charge is 0.507 e. The van der Waals surface area contributed by atoms with Gasteiger partial charge >= 0.3 is 46.9 Å². The number of hydrogen-bond acceptors (Lipinski definition) is 27. The molecule has 0 aromatic heterocycles. The Morgan fingerprint density at radius 2 is 0.854 bits per heavy atom.